The molecule has 0 aliphatic rings. The van der Waals surface area contributed by atoms with Crippen LogP contribution >= 0.6 is 15.9 Å². The molecule has 1 heterocycles. The Morgan fingerprint density at radius 1 is 1.62 bits per heavy atom. The van der Waals surface area contributed by atoms with Crippen molar-refractivity contribution in [1.29, 1.82) is 0 Å². The molecule has 0 atom stereocenters. The minimum absolute atomic E-state index is 0.0278. The summed E-state index contributed by atoms with van der Waals surface area (Å²) in [6.07, 6.45) is -1.66. The number of aliphatic hydroxyl groups is 1. The van der Waals surface area contributed by atoms with E-state index in [-0.39, 0.29) is 10.2 Å². The van der Waals surface area contributed by atoms with Gasteiger partial charge in [-0.1, -0.05) is 0 Å². The predicted octanol–water partition coefficient (Wildman–Crippen LogP) is 1.57. The zero-order valence-electron chi connectivity index (χ0n) is 6.35. The Morgan fingerprint density at radius 3 is 2.69 bits per heavy atom. The lowest BCUT2D eigenvalue weighted by Gasteiger charge is -2.05. The van der Waals surface area contributed by atoms with Gasteiger partial charge >= 0.3 is 0 Å². The summed E-state index contributed by atoms with van der Waals surface area (Å²) in [5.41, 5.74) is -1.63. The first-order valence-corrected chi connectivity index (χ1v) is 4.16. The van der Waals surface area contributed by atoms with Gasteiger partial charge in [0.15, 0.2) is 0 Å². The number of rotatable bonds is 2. The molecular formula is C7H6BrF2NO2. The monoisotopic (exact) mass is 253 g/mol. The third kappa shape index (κ3) is 1.94. The molecule has 3 nitrogen and oxygen atoms in total. The van der Waals surface area contributed by atoms with Crippen molar-refractivity contribution in [3.8, 4) is 0 Å². The van der Waals surface area contributed by atoms with E-state index in [0.29, 0.717) is 0 Å². The highest BCUT2D eigenvalue weighted by Crippen LogP contribution is 2.19. The van der Waals surface area contributed by atoms with E-state index in [9.17, 15) is 13.6 Å². The number of hydrogen-bond acceptors (Lipinski definition) is 2. The fourth-order valence-electron chi connectivity index (χ4n) is 0.921. The van der Waals surface area contributed by atoms with Crippen molar-refractivity contribution >= 4 is 15.9 Å². The molecule has 0 aliphatic heterocycles. The van der Waals surface area contributed by atoms with Gasteiger partial charge in [-0.15, -0.1) is 0 Å². The number of H-pyrrole nitrogens is 1. The van der Waals surface area contributed by atoms with Crippen LogP contribution in [0, 0.1) is 0 Å². The average Bonchev–Trinajstić information content (AvgIpc) is 2.08. The van der Waals surface area contributed by atoms with E-state index in [0.717, 1.165) is 0 Å². The smallest absolute Gasteiger partial charge is 0.269 e. The van der Waals surface area contributed by atoms with E-state index in [2.05, 4.69) is 20.9 Å². The molecule has 72 valence electrons. The summed E-state index contributed by atoms with van der Waals surface area (Å²) in [4.78, 5) is 13.5. The summed E-state index contributed by atoms with van der Waals surface area (Å²) in [6, 6.07) is 0. The van der Waals surface area contributed by atoms with Crippen molar-refractivity contribution in [3.05, 3.63) is 32.2 Å². The Hall–Kier alpha value is -0.750. The van der Waals surface area contributed by atoms with Crippen LogP contribution in [0.15, 0.2) is 15.5 Å². The van der Waals surface area contributed by atoms with Gasteiger partial charge in [-0.3, -0.25) is 4.79 Å². The van der Waals surface area contributed by atoms with Gasteiger partial charge in [-0.25, -0.2) is 8.78 Å². The van der Waals surface area contributed by atoms with Crippen LogP contribution < -0.4 is 5.43 Å². The van der Waals surface area contributed by atoms with Crippen molar-refractivity contribution in [2.75, 3.05) is 0 Å². The maximum Gasteiger partial charge on any atom is 0.269 e. The van der Waals surface area contributed by atoms with Gasteiger partial charge in [-0.05, 0) is 15.9 Å². The first-order chi connectivity index (χ1) is 6.07. The van der Waals surface area contributed by atoms with Crippen LogP contribution in [0.3, 0.4) is 0 Å². The summed E-state index contributed by atoms with van der Waals surface area (Å²) in [7, 11) is 0. The summed E-state index contributed by atoms with van der Waals surface area (Å²) >= 11 is 2.82. The van der Waals surface area contributed by atoms with E-state index in [4.69, 9.17) is 5.11 Å². The number of pyridine rings is 1. The van der Waals surface area contributed by atoms with Gasteiger partial charge in [0.2, 0.25) is 5.43 Å². The number of aromatic amines is 1. The quantitative estimate of drug-likeness (QED) is 0.841. The van der Waals surface area contributed by atoms with Crippen LogP contribution in [-0.2, 0) is 6.61 Å². The largest absolute Gasteiger partial charge is 0.390 e. The van der Waals surface area contributed by atoms with Crippen LogP contribution in [0.5, 0.6) is 0 Å². The molecule has 1 aromatic rings. The Bertz CT molecular complexity index is 364. The highest BCUT2D eigenvalue weighted by atomic mass is 79.9. The molecule has 13 heavy (non-hydrogen) atoms. The number of hydrogen-bond donors (Lipinski definition) is 2. The van der Waals surface area contributed by atoms with Gasteiger partial charge < -0.3 is 10.1 Å². The van der Waals surface area contributed by atoms with Gasteiger partial charge in [-0.2, -0.15) is 0 Å². The van der Waals surface area contributed by atoms with Crippen molar-refractivity contribution in [2.45, 2.75) is 13.0 Å². The second kappa shape index (κ2) is 3.97. The van der Waals surface area contributed by atoms with Crippen molar-refractivity contribution in [1.82, 2.24) is 4.98 Å². The van der Waals surface area contributed by atoms with Gasteiger partial charge in [0.05, 0.1) is 22.3 Å². The molecule has 0 saturated carbocycles. The highest BCUT2D eigenvalue weighted by molar-refractivity contribution is 9.10. The van der Waals surface area contributed by atoms with Crippen LogP contribution in [-0.4, -0.2) is 10.1 Å². The standard InChI is InChI=1S/C7H6BrF2NO2/c8-3-1-11-4(2-12)5(6(3)13)7(9)10/h1,7,12H,2H2,(H,11,13). The topological polar surface area (TPSA) is 53.1 Å². The van der Waals surface area contributed by atoms with Gasteiger partial charge in [0.25, 0.3) is 6.43 Å². The van der Waals surface area contributed by atoms with E-state index < -0.39 is 24.0 Å². The normalized spacial score (nSPS) is 10.8. The molecule has 0 unspecified atom stereocenters. The lowest BCUT2D eigenvalue weighted by Crippen LogP contribution is -2.15. The molecule has 0 aromatic carbocycles. The molecule has 0 saturated heterocycles. The van der Waals surface area contributed by atoms with Crippen LogP contribution in [0.4, 0.5) is 8.78 Å². The molecule has 0 fully saturated rings. The lowest BCUT2D eigenvalue weighted by molar-refractivity contribution is 0.144. The minimum Gasteiger partial charge on any atom is -0.390 e. The molecule has 1 rings (SSSR count). The first-order valence-electron chi connectivity index (χ1n) is 3.37. The van der Waals surface area contributed by atoms with Crippen molar-refractivity contribution in [3.63, 3.8) is 0 Å². The molecule has 2 N–H and O–H groups in total. The zero-order chi connectivity index (χ0) is 10.0. The van der Waals surface area contributed by atoms with E-state index in [1.807, 2.05) is 0 Å². The number of aliphatic hydroxyl groups excluding tert-OH is 1. The molecule has 0 radical (unpaired) electrons. The maximum atomic E-state index is 12.3. The first kappa shape index (κ1) is 10.3. The van der Waals surface area contributed by atoms with Crippen molar-refractivity contribution < 1.29 is 13.9 Å². The van der Waals surface area contributed by atoms with Gasteiger partial charge in [0.1, 0.15) is 0 Å². The van der Waals surface area contributed by atoms with Crippen molar-refractivity contribution in [2.24, 2.45) is 0 Å². The maximum absolute atomic E-state index is 12.3. The van der Waals surface area contributed by atoms with Gasteiger partial charge in [0, 0.05) is 6.20 Å². The Kier molecular flexibility index (Phi) is 3.16. The summed E-state index contributed by atoms with van der Waals surface area (Å²) in [5, 5.41) is 8.66. The number of aromatic nitrogens is 1. The molecule has 0 aliphatic carbocycles. The van der Waals surface area contributed by atoms with E-state index in [1.54, 1.807) is 0 Å². The summed E-state index contributed by atoms with van der Waals surface area (Å²) < 4.78 is 24.6. The fourth-order valence-corrected chi connectivity index (χ4v) is 1.25. The molecule has 6 heteroatoms. The predicted molar refractivity (Wildman–Crippen MR) is 45.6 cm³/mol. The third-order valence-corrected chi connectivity index (χ3v) is 2.13. The molecule has 0 amide bonds. The molecule has 1 aromatic heterocycles. The Labute approximate surface area is 80.5 Å². The molecule has 0 bridgehead atoms. The summed E-state index contributed by atoms with van der Waals surface area (Å²) in [6.45, 7) is -0.609. The van der Waals surface area contributed by atoms with Crippen LogP contribution in [0.25, 0.3) is 0 Å². The second-order valence-electron chi connectivity index (χ2n) is 2.32. The fraction of sp³-hybridized carbons (Fsp3) is 0.286. The number of halogens is 3. The zero-order valence-corrected chi connectivity index (χ0v) is 7.94. The molecular weight excluding hydrogens is 248 g/mol. The second-order valence-corrected chi connectivity index (χ2v) is 3.17. The summed E-state index contributed by atoms with van der Waals surface area (Å²) in [5.74, 6) is 0. The highest BCUT2D eigenvalue weighted by Gasteiger charge is 2.18. The minimum atomic E-state index is -2.89. The number of nitrogens with one attached hydrogen (secondary N) is 1. The molecule has 0 spiro atoms. The van der Waals surface area contributed by atoms with Crippen LogP contribution in [0.1, 0.15) is 17.7 Å². The van der Waals surface area contributed by atoms with E-state index >= 15 is 0 Å². The lowest BCUT2D eigenvalue weighted by atomic mass is 10.2. The van der Waals surface area contributed by atoms with Crippen LogP contribution in [0.2, 0.25) is 0 Å². The average molecular weight is 254 g/mol. The number of alkyl halides is 2. The van der Waals surface area contributed by atoms with E-state index in [1.165, 1.54) is 6.20 Å². The Morgan fingerprint density at radius 2 is 2.23 bits per heavy atom. The SMILES string of the molecule is O=c1c(Br)c[nH]c(CO)c1C(F)F. The Balaban J connectivity index is 3.42. The third-order valence-electron chi connectivity index (χ3n) is 1.54.